The van der Waals surface area contributed by atoms with Crippen molar-refractivity contribution >= 4 is 11.5 Å². The number of hydrogen-bond donors (Lipinski definition) is 2. The molecular weight excluding hydrogens is 244 g/mol. The third-order valence-electron chi connectivity index (χ3n) is 2.63. The molecular formula is C13H24N4O2. The first-order valence-corrected chi connectivity index (χ1v) is 6.62. The molecule has 0 spiro atoms. The van der Waals surface area contributed by atoms with Crippen LogP contribution in [0, 0.1) is 0 Å². The molecule has 1 aromatic heterocycles. The maximum atomic E-state index is 8.97. The molecule has 1 heterocycles. The fraction of sp³-hybridized carbons (Fsp3) is 0.692. The first-order chi connectivity index (χ1) is 8.97. The van der Waals surface area contributed by atoms with Crippen LogP contribution in [0.25, 0.3) is 0 Å². The SMILES string of the molecule is CC(C)Oc1ncnc(N(CCCO)C(C)C)c1N. The van der Waals surface area contributed by atoms with Crippen molar-refractivity contribution in [2.45, 2.75) is 46.3 Å². The summed E-state index contributed by atoms with van der Waals surface area (Å²) in [6, 6.07) is 0.232. The Kier molecular flexibility index (Phi) is 5.82. The summed E-state index contributed by atoms with van der Waals surface area (Å²) in [4.78, 5) is 10.4. The lowest BCUT2D eigenvalue weighted by atomic mass is 10.2. The van der Waals surface area contributed by atoms with Crippen molar-refractivity contribution in [3.63, 3.8) is 0 Å². The second-order valence-corrected chi connectivity index (χ2v) is 4.95. The lowest BCUT2D eigenvalue weighted by Gasteiger charge is -2.29. The number of nitrogens with two attached hydrogens (primary N) is 1. The zero-order valence-electron chi connectivity index (χ0n) is 12.1. The van der Waals surface area contributed by atoms with E-state index in [2.05, 4.69) is 23.8 Å². The molecule has 1 aromatic rings. The Morgan fingerprint density at radius 3 is 2.53 bits per heavy atom. The van der Waals surface area contributed by atoms with Crippen LogP contribution < -0.4 is 15.4 Å². The molecule has 1 rings (SSSR count). The third kappa shape index (κ3) is 4.24. The van der Waals surface area contributed by atoms with Gasteiger partial charge in [0, 0.05) is 19.2 Å². The van der Waals surface area contributed by atoms with E-state index in [1.807, 2.05) is 18.7 Å². The van der Waals surface area contributed by atoms with Gasteiger partial charge in [-0.25, -0.2) is 4.98 Å². The van der Waals surface area contributed by atoms with Gasteiger partial charge in [-0.15, -0.1) is 0 Å². The summed E-state index contributed by atoms with van der Waals surface area (Å²) < 4.78 is 5.57. The van der Waals surface area contributed by atoms with E-state index < -0.39 is 0 Å². The van der Waals surface area contributed by atoms with E-state index in [0.29, 0.717) is 30.4 Å². The van der Waals surface area contributed by atoms with Gasteiger partial charge < -0.3 is 20.5 Å². The molecule has 19 heavy (non-hydrogen) atoms. The standard InChI is InChI=1S/C13H24N4O2/c1-9(2)17(6-5-7-18)12-11(14)13(16-8-15-12)19-10(3)4/h8-10,18H,5-7,14H2,1-4H3. The average molecular weight is 268 g/mol. The highest BCUT2D eigenvalue weighted by atomic mass is 16.5. The van der Waals surface area contributed by atoms with Crippen molar-refractivity contribution in [2.24, 2.45) is 0 Å². The lowest BCUT2D eigenvalue weighted by molar-refractivity contribution is 0.234. The second-order valence-electron chi connectivity index (χ2n) is 4.95. The Morgan fingerprint density at radius 1 is 1.32 bits per heavy atom. The van der Waals surface area contributed by atoms with Crippen molar-refractivity contribution in [3.8, 4) is 5.88 Å². The predicted octanol–water partition coefficient (Wildman–Crippen LogP) is 1.44. The highest BCUT2D eigenvalue weighted by Crippen LogP contribution is 2.29. The molecule has 6 heteroatoms. The first kappa shape index (κ1) is 15.5. The Balaban J connectivity index is 3.02. The van der Waals surface area contributed by atoms with E-state index in [1.54, 1.807) is 0 Å². The molecule has 3 N–H and O–H groups in total. The summed E-state index contributed by atoms with van der Waals surface area (Å²) in [5.41, 5.74) is 6.53. The molecule has 0 saturated heterocycles. The van der Waals surface area contributed by atoms with Crippen LogP contribution >= 0.6 is 0 Å². The van der Waals surface area contributed by atoms with Gasteiger partial charge in [0.25, 0.3) is 0 Å². The van der Waals surface area contributed by atoms with E-state index in [4.69, 9.17) is 15.6 Å². The monoisotopic (exact) mass is 268 g/mol. The molecule has 0 aliphatic carbocycles. The summed E-state index contributed by atoms with van der Waals surface area (Å²) in [6.45, 7) is 8.80. The number of nitrogen functional groups attached to an aromatic ring is 1. The van der Waals surface area contributed by atoms with E-state index in [-0.39, 0.29) is 18.8 Å². The zero-order valence-corrected chi connectivity index (χ0v) is 12.1. The van der Waals surface area contributed by atoms with E-state index in [9.17, 15) is 0 Å². The van der Waals surface area contributed by atoms with Crippen LogP contribution in [0.3, 0.4) is 0 Å². The van der Waals surface area contributed by atoms with Crippen molar-refractivity contribution in [2.75, 3.05) is 23.8 Å². The Bertz CT molecular complexity index is 396. The van der Waals surface area contributed by atoms with Gasteiger partial charge in [-0.3, -0.25) is 0 Å². The highest BCUT2D eigenvalue weighted by Gasteiger charge is 2.18. The Hall–Kier alpha value is -1.56. The van der Waals surface area contributed by atoms with Gasteiger partial charge in [-0.05, 0) is 34.1 Å². The van der Waals surface area contributed by atoms with Crippen LogP contribution in [0.5, 0.6) is 5.88 Å². The lowest BCUT2D eigenvalue weighted by Crippen LogP contribution is -2.33. The number of rotatable bonds is 7. The smallest absolute Gasteiger partial charge is 0.242 e. The normalized spacial score (nSPS) is 11.1. The summed E-state index contributed by atoms with van der Waals surface area (Å²) in [6.07, 6.45) is 2.13. The minimum Gasteiger partial charge on any atom is -0.473 e. The molecule has 108 valence electrons. The molecule has 0 saturated carbocycles. The fourth-order valence-electron chi connectivity index (χ4n) is 1.77. The van der Waals surface area contributed by atoms with Gasteiger partial charge in [-0.2, -0.15) is 4.98 Å². The second kappa shape index (κ2) is 7.13. The van der Waals surface area contributed by atoms with Gasteiger partial charge in [-0.1, -0.05) is 0 Å². The highest BCUT2D eigenvalue weighted by molar-refractivity contribution is 5.68. The van der Waals surface area contributed by atoms with Crippen LogP contribution in [0.4, 0.5) is 11.5 Å². The van der Waals surface area contributed by atoms with Crippen LogP contribution in [0.15, 0.2) is 6.33 Å². The van der Waals surface area contributed by atoms with E-state index in [1.165, 1.54) is 6.33 Å². The van der Waals surface area contributed by atoms with Crippen molar-refractivity contribution in [3.05, 3.63) is 6.33 Å². The maximum Gasteiger partial charge on any atom is 0.242 e. The molecule has 0 radical (unpaired) electrons. The number of hydrogen-bond acceptors (Lipinski definition) is 6. The molecule has 0 bridgehead atoms. The minimum absolute atomic E-state index is 0.00925. The summed E-state index contributed by atoms with van der Waals surface area (Å²) in [5, 5.41) is 8.97. The molecule has 0 fully saturated rings. The largest absolute Gasteiger partial charge is 0.473 e. The number of aliphatic hydroxyl groups is 1. The van der Waals surface area contributed by atoms with Crippen LogP contribution in [-0.4, -0.2) is 40.4 Å². The molecule has 0 aliphatic rings. The zero-order chi connectivity index (χ0) is 14.4. The Morgan fingerprint density at radius 2 is 2.00 bits per heavy atom. The van der Waals surface area contributed by atoms with Crippen molar-refractivity contribution < 1.29 is 9.84 Å². The summed E-state index contributed by atoms with van der Waals surface area (Å²) in [5.74, 6) is 1.07. The van der Waals surface area contributed by atoms with Gasteiger partial charge in [0.15, 0.2) is 5.82 Å². The van der Waals surface area contributed by atoms with Gasteiger partial charge in [0.1, 0.15) is 12.0 Å². The molecule has 0 amide bonds. The van der Waals surface area contributed by atoms with Crippen LogP contribution in [0.2, 0.25) is 0 Å². The number of anilines is 2. The fourth-order valence-corrected chi connectivity index (χ4v) is 1.77. The number of nitrogens with zero attached hydrogens (tertiary/aromatic N) is 3. The van der Waals surface area contributed by atoms with Gasteiger partial charge in [0.05, 0.1) is 6.10 Å². The van der Waals surface area contributed by atoms with Crippen molar-refractivity contribution in [1.29, 1.82) is 0 Å². The molecule has 6 nitrogen and oxygen atoms in total. The minimum atomic E-state index is 0.00925. The summed E-state index contributed by atoms with van der Waals surface area (Å²) >= 11 is 0. The third-order valence-corrected chi connectivity index (χ3v) is 2.63. The molecule has 0 aliphatic heterocycles. The number of aliphatic hydroxyl groups excluding tert-OH is 1. The van der Waals surface area contributed by atoms with E-state index >= 15 is 0 Å². The topological polar surface area (TPSA) is 84.5 Å². The molecule has 0 unspecified atom stereocenters. The van der Waals surface area contributed by atoms with Gasteiger partial charge in [0.2, 0.25) is 5.88 Å². The predicted molar refractivity (Wildman–Crippen MR) is 76.4 cm³/mol. The summed E-state index contributed by atoms with van der Waals surface area (Å²) in [7, 11) is 0. The maximum absolute atomic E-state index is 8.97. The number of aromatic nitrogens is 2. The average Bonchev–Trinajstić information content (AvgIpc) is 2.33. The van der Waals surface area contributed by atoms with E-state index in [0.717, 1.165) is 0 Å². The first-order valence-electron chi connectivity index (χ1n) is 6.62. The van der Waals surface area contributed by atoms with Crippen LogP contribution in [0.1, 0.15) is 34.1 Å². The quantitative estimate of drug-likeness (QED) is 0.778. The Labute approximate surface area is 114 Å². The molecule has 0 aromatic carbocycles. The van der Waals surface area contributed by atoms with Gasteiger partial charge >= 0.3 is 0 Å². The van der Waals surface area contributed by atoms with Crippen LogP contribution in [-0.2, 0) is 0 Å². The van der Waals surface area contributed by atoms with Crippen molar-refractivity contribution in [1.82, 2.24) is 9.97 Å². The molecule has 0 atom stereocenters. The number of ether oxygens (including phenoxy) is 1.